The van der Waals surface area contributed by atoms with Crippen LogP contribution in [0.2, 0.25) is 5.02 Å². The van der Waals surface area contributed by atoms with Crippen LogP contribution >= 0.6 is 27.5 Å². The van der Waals surface area contributed by atoms with Gasteiger partial charge in [-0.2, -0.15) is 22.9 Å². The second-order valence-electron chi connectivity index (χ2n) is 7.04. The number of benzene rings is 2. The third-order valence-corrected chi connectivity index (χ3v) is 5.97. The number of fused-ring (bicyclic) bond motifs is 1. The second-order valence-corrected chi connectivity index (χ2v) is 8.27. The van der Waals surface area contributed by atoms with Crippen LogP contribution in [0.5, 0.6) is 0 Å². The van der Waals surface area contributed by atoms with E-state index in [9.17, 15) is 22.8 Å². The molecule has 0 aliphatic heterocycles. The van der Waals surface area contributed by atoms with Crippen molar-refractivity contribution in [1.29, 1.82) is 0 Å². The summed E-state index contributed by atoms with van der Waals surface area (Å²) in [7, 11) is 0. The first-order chi connectivity index (χ1) is 15.6. The molecule has 0 radical (unpaired) electrons. The number of carbonyl (C=O) groups excluding carboxylic acids is 1. The largest absolute Gasteiger partial charge is 0.436 e. The molecule has 0 bridgehead atoms. The van der Waals surface area contributed by atoms with E-state index in [1.54, 1.807) is 48.5 Å². The Hall–Kier alpha value is -3.18. The lowest BCUT2D eigenvalue weighted by atomic mass is 10.2. The molecule has 0 spiro atoms. The molecule has 1 N–H and O–H groups in total. The highest BCUT2D eigenvalue weighted by Gasteiger charge is 2.38. The summed E-state index contributed by atoms with van der Waals surface area (Å²) in [6.45, 7) is 0.829. The van der Waals surface area contributed by atoms with Crippen LogP contribution in [0.3, 0.4) is 0 Å². The van der Waals surface area contributed by atoms with Crippen LogP contribution in [-0.2, 0) is 17.5 Å². The van der Waals surface area contributed by atoms with Crippen LogP contribution in [-0.4, -0.2) is 25.3 Å². The van der Waals surface area contributed by atoms with Gasteiger partial charge in [-0.15, -0.1) is 0 Å². The van der Waals surface area contributed by atoms with Crippen molar-refractivity contribution in [3.05, 3.63) is 79.8 Å². The summed E-state index contributed by atoms with van der Waals surface area (Å²) < 4.78 is 41.0. The number of alkyl halides is 3. The molecule has 170 valence electrons. The van der Waals surface area contributed by atoms with E-state index in [2.05, 4.69) is 31.4 Å². The summed E-state index contributed by atoms with van der Waals surface area (Å²) in [6.07, 6.45) is -4.69. The number of nitrogens with one attached hydrogen (secondary N) is 1. The number of hydrogen-bond donors (Lipinski definition) is 1. The van der Waals surface area contributed by atoms with Gasteiger partial charge >= 0.3 is 6.18 Å². The summed E-state index contributed by atoms with van der Waals surface area (Å²) in [5.41, 5.74) is 1.71. The van der Waals surface area contributed by atoms with Crippen LogP contribution in [0.1, 0.15) is 11.4 Å². The number of amides is 1. The van der Waals surface area contributed by atoms with Gasteiger partial charge in [0.15, 0.2) is 11.5 Å². The average Bonchev–Trinajstić information content (AvgIpc) is 3.04. The molecule has 0 aliphatic rings. The number of para-hydroxylation sites is 1. The summed E-state index contributed by atoms with van der Waals surface area (Å²) in [5, 5.41) is 4.13. The molecule has 0 fully saturated rings. The molecule has 0 unspecified atom stereocenters. The van der Waals surface area contributed by atoms with Gasteiger partial charge in [0, 0.05) is 10.6 Å². The highest BCUT2D eigenvalue weighted by atomic mass is 79.9. The minimum absolute atomic E-state index is 0.108. The third kappa shape index (κ3) is 4.51. The van der Waals surface area contributed by atoms with Crippen LogP contribution in [0.15, 0.2) is 57.8 Å². The van der Waals surface area contributed by atoms with Gasteiger partial charge in [-0.3, -0.25) is 19.7 Å². The van der Waals surface area contributed by atoms with Crippen LogP contribution < -0.4 is 11.0 Å². The molecule has 12 heteroatoms. The third-order valence-electron chi connectivity index (χ3n) is 4.79. The predicted octanol–water partition coefficient (Wildman–Crippen LogP) is 4.77. The molecule has 2 aromatic heterocycles. The highest BCUT2D eigenvalue weighted by molar-refractivity contribution is 9.10. The van der Waals surface area contributed by atoms with Crippen LogP contribution in [0.4, 0.5) is 13.2 Å². The maximum atomic E-state index is 13.1. The minimum atomic E-state index is -4.69. The van der Waals surface area contributed by atoms with Crippen molar-refractivity contribution in [2.75, 3.05) is 5.43 Å². The monoisotopic (exact) mass is 539 g/mol. The lowest BCUT2D eigenvalue weighted by molar-refractivity contribution is -0.142. The molecule has 4 aromatic rings. The van der Waals surface area contributed by atoms with Crippen LogP contribution in [0.25, 0.3) is 22.3 Å². The van der Waals surface area contributed by atoms with Gasteiger partial charge < -0.3 is 0 Å². The Morgan fingerprint density at radius 3 is 2.58 bits per heavy atom. The fourth-order valence-electron chi connectivity index (χ4n) is 3.21. The number of halogens is 5. The number of carbonyl (C=O) groups is 1. The summed E-state index contributed by atoms with van der Waals surface area (Å²) in [5.74, 6) is -0.659. The molecule has 0 saturated carbocycles. The van der Waals surface area contributed by atoms with E-state index in [-0.39, 0.29) is 21.4 Å². The van der Waals surface area contributed by atoms with Gasteiger partial charge in [0.2, 0.25) is 0 Å². The van der Waals surface area contributed by atoms with Crippen molar-refractivity contribution in [2.24, 2.45) is 0 Å². The van der Waals surface area contributed by atoms with Gasteiger partial charge in [0.05, 0.1) is 21.1 Å². The van der Waals surface area contributed by atoms with Gasteiger partial charge in [-0.05, 0) is 47.1 Å². The summed E-state index contributed by atoms with van der Waals surface area (Å²) in [6, 6.07) is 13.1. The molecule has 0 atom stereocenters. The van der Waals surface area contributed by atoms with Crippen molar-refractivity contribution < 1.29 is 18.0 Å². The SMILES string of the molecule is Cc1c(Br)c(C(F)(F)F)nn1CC(=O)Nn1c(-c2cccc(Cl)c2)nc2ccccc2c1=O. The fraction of sp³-hybridized carbons (Fsp3) is 0.143. The molecule has 2 aromatic carbocycles. The molecular weight excluding hydrogens is 527 g/mol. The number of rotatable bonds is 4. The van der Waals surface area contributed by atoms with Crippen molar-refractivity contribution >= 4 is 44.3 Å². The summed E-state index contributed by atoms with van der Waals surface area (Å²) in [4.78, 5) is 30.4. The van der Waals surface area contributed by atoms with E-state index in [0.717, 1.165) is 9.36 Å². The van der Waals surface area contributed by atoms with E-state index in [1.807, 2.05) is 0 Å². The Bertz CT molecular complexity index is 1450. The van der Waals surface area contributed by atoms with E-state index in [1.165, 1.54) is 6.92 Å². The molecule has 2 heterocycles. The first kappa shape index (κ1) is 23.0. The normalized spacial score (nSPS) is 11.7. The number of aromatic nitrogens is 4. The van der Waals surface area contributed by atoms with Gasteiger partial charge in [0.1, 0.15) is 6.54 Å². The first-order valence-electron chi connectivity index (χ1n) is 9.44. The molecule has 4 rings (SSSR count). The molecule has 0 saturated heterocycles. The molecule has 1 amide bonds. The standard InChI is InChI=1S/C21H14BrClF3N5O2/c1-11-17(22)18(21(24,25)26)29-30(11)10-16(32)28-31-19(12-5-4-6-13(23)9-12)27-15-8-3-2-7-14(15)20(31)33/h2-9H,10H2,1H3,(H,28,32). The second kappa shape index (κ2) is 8.64. The predicted molar refractivity (Wildman–Crippen MR) is 120 cm³/mol. The van der Waals surface area contributed by atoms with Crippen molar-refractivity contribution in [2.45, 2.75) is 19.6 Å². The van der Waals surface area contributed by atoms with Gasteiger partial charge in [-0.25, -0.2) is 4.98 Å². The topological polar surface area (TPSA) is 81.8 Å². The van der Waals surface area contributed by atoms with E-state index in [0.29, 0.717) is 16.1 Å². The molecule has 33 heavy (non-hydrogen) atoms. The smallest absolute Gasteiger partial charge is 0.271 e. The Labute approximate surface area is 197 Å². The van der Waals surface area contributed by atoms with Gasteiger partial charge in [-0.1, -0.05) is 35.9 Å². The number of nitrogens with zero attached hydrogens (tertiary/aromatic N) is 4. The Kier molecular flexibility index (Phi) is 6.02. The number of hydrogen-bond acceptors (Lipinski definition) is 4. The highest BCUT2D eigenvalue weighted by Crippen LogP contribution is 2.35. The maximum Gasteiger partial charge on any atom is 0.436 e. The molecule has 0 aliphatic carbocycles. The lowest BCUT2D eigenvalue weighted by Gasteiger charge is -2.15. The Balaban J connectivity index is 1.76. The summed E-state index contributed by atoms with van der Waals surface area (Å²) >= 11 is 8.95. The van der Waals surface area contributed by atoms with Crippen molar-refractivity contribution in [1.82, 2.24) is 19.4 Å². The minimum Gasteiger partial charge on any atom is -0.271 e. The fourth-order valence-corrected chi connectivity index (χ4v) is 3.91. The van der Waals surface area contributed by atoms with E-state index >= 15 is 0 Å². The van der Waals surface area contributed by atoms with E-state index in [4.69, 9.17) is 11.6 Å². The zero-order valence-electron chi connectivity index (χ0n) is 16.8. The average molecular weight is 541 g/mol. The quantitative estimate of drug-likeness (QED) is 0.404. The van der Waals surface area contributed by atoms with Crippen molar-refractivity contribution in [3.63, 3.8) is 0 Å². The Morgan fingerprint density at radius 2 is 1.91 bits per heavy atom. The zero-order valence-corrected chi connectivity index (χ0v) is 19.2. The molecular formula is C21H14BrClF3N5O2. The van der Waals surface area contributed by atoms with Gasteiger partial charge in [0.25, 0.3) is 11.5 Å². The zero-order chi connectivity index (χ0) is 23.9. The first-order valence-corrected chi connectivity index (χ1v) is 10.6. The Morgan fingerprint density at radius 1 is 1.18 bits per heavy atom. The van der Waals surface area contributed by atoms with Crippen LogP contribution in [0, 0.1) is 6.92 Å². The maximum absolute atomic E-state index is 13.1. The van der Waals surface area contributed by atoms with Crippen molar-refractivity contribution in [3.8, 4) is 11.4 Å². The molecule has 7 nitrogen and oxygen atoms in total. The lowest BCUT2D eigenvalue weighted by Crippen LogP contribution is -2.37. The van der Waals surface area contributed by atoms with E-state index < -0.39 is 29.9 Å².